The number of nitrogens with one attached hydrogen (secondary N) is 2. The van der Waals surface area contributed by atoms with E-state index < -0.39 is 0 Å². The summed E-state index contributed by atoms with van der Waals surface area (Å²) in [4.78, 5) is 34.7. The van der Waals surface area contributed by atoms with Crippen molar-refractivity contribution in [1.29, 1.82) is 0 Å². The Morgan fingerprint density at radius 1 is 0.976 bits per heavy atom. The van der Waals surface area contributed by atoms with E-state index in [1.165, 1.54) is 11.3 Å². The molecule has 2 aliphatic rings. The van der Waals surface area contributed by atoms with Gasteiger partial charge in [0.15, 0.2) is 10.8 Å². The van der Waals surface area contributed by atoms with Gasteiger partial charge in [-0.15, -0.1) is 11.3 Å². The average molecular weight is 575 g/mol. The molecule has 2 N–H and O–H groups in total. The van der Waals surface area contributed by atoms with Crippen molar-refractivity contribution in [3.05, 3.63) is 101 Å². The summed E-state index contributed by atoms with van der Waals surface area (Å²) in [6.07, 6.45) is 14.8. The molecule has 0 radical (unpaired) electrons. The number of rotatable bonds is 7. The maximum atomic E-state index is 13.9. The summed E-state index contributed by atoms with van der Waals surface area (Å²) in [5.41, 5.74) is 5.44. The number of aromatic nitrogens is 5. The number of fused-ring (bicyclic) bond motifs is 1. The normalized spacial score (nSPS) is 15.7. The number of anilines is 3. The van der Waals surface area contributed by atoms with Crippen molar-refractivity contribution in [1.82, 2.24) is 29.4 Å². The largest absolute Gasteiger partial charge is 0.382 e. The number of allylic oxidation sites excluding steroid dienone is 4. The number of piperidine rings is 1. The molecule has 1 saturated heterocycles. The fraction of sp³-hybridized carbons (Fsp3) is 0.219. The first-order valence-corrected chi connectivity index (χ1v) is 15.0. The van der Waals surface area contributed by atoms with E-state index in [1.807, 2.05) is 41.9 Å². The van der Waals surface area contributed by atoms with Crippen LogP contribution >= 0.6 is 11.3 Å². The first kappa shape index (κ1) is 26.2. The fourth-order valence-electron chi connectivity index (χ4n) is 5.41. The predicted octanol–water partition coefficient (Wildman–Crippen LogP) is 5.89. The predicted molar refractivity (Wildman–Crippen MR) is 170 cm³/mol. The topological polar surface area (TPSA) is 101 Å². The lowest BCUT2D eigenvalue weighted by Crippen LogP contribution is -2.36. The summed E-state index contributed by atoms with van der Waals surface area (Å²) in [5, 5.41) is 10.0. The van der Waals surface area contributed by atoms with Crippen molar-refractivity contribution >= 4 is 45.3 Å². The van der Waals surface area contributed by atoms with Gasteiger partial charge in [0, 0.05) is 46.8 Å². The molecule has 0 bridgehead atoms. The van der Waals surface area contributed by atoms with Gasteiger partial charge in [0.05, 0.1) is 11.3 Å². The second-order valence-electron chi connectivity index (χ2n) is 10.6. The number of benzene rings is 1. The number of hydrogen-bond acceptors (Lipinski definition) is 9. The molecule has 42 heavy (non-hydrogen) atoms. The van der Waals surface area contributed by atoms with Crippen LogP contribution in [-0.2, 0) is 0 Å². The molecule has 4 aromatic heterocycles. The first-order chi connectivity index (χ1) is 20.6. The zero-order valence-electron chi connectivity index (χ0n) is 23.2. The summed E-state index contributed by atoms with van der Waals surface area (Å²) in [6.45, 7) is 2.23. The third kappa shape index (κ3) is 5.34. The molecule has 0 amide bonds. The van der Waals surface area contributed by atoms with Gasteiger partial charge in [0.1, 0.15) is 0 Å². The lowest BCUT2D eigenvalue weighted by atomic mass is 10.1. The molecule has 10 heteroatoms. The Labute approximate surface area is 247 Å². The molecule has 5 heterocycles. The van der Waals surface area contributed by atoms with Gasteiger partial charge in [-0.05, 0) is 86.9 Å². The second kappa shape index (κ2) is 11.3. The lowest BCUT2D eigenvalue weighted by molar-refractivity contribution is 0.264. The van der Waals surface area contributed by atoms with Crippen LogP contribution in [0.3, 0.4) is 0 Å². The third-order valence-corrected chi connectivity index (χ3v) is 8.48. The third-order valence-electron chi connectivity index (χ3n) is 7.73. The van der Waals surface area contributed by atoms with Crippen molar-refractivity contribution in [3.8, 4) is 16.4 Å². The van der Waals surface area contributed by atoms with E-state index in [0.717, 1.165) is 60.2 Å². The van der Waals surface area contributed by atoms with Gasteiger partial charge in [-0.25, -0.2) is 14.5 Å². The van der Waals surface area contributed by atoms with Crippen molar-refractivity contribution in [2.45, 2.75) is 25.3 Å². The quantitative estimate of drug-likeness (QED) is 0.248. The number of thiazole rings is 1. The Morgan fingerprint density at radius 2 is 1.81 bits per heavy atom. The Bertz CT molecular complexity index is 1840. The van der Waals surface area contributed by atoms with E-state index in [1.54, 1.807) is 17.0 Å². The summed E-state index contributed by atoms with van der Waals surface area (Å²) in [5.74, 6) is 0.399. The second-order valence-corrected chi connectivity index (χ2v) is 11.5. The van der Waals surface area contributed by atoms with Crippen molar-refractivity contribution in [3.63, 3.8) is 0 Å². The van der Waals surface area contributed by atoms with Crippen LogP contribution in [0.1, 0.15) is 24.8 Å². The van der Waals surface area contributed by atoms with E-state index in [0.29, 0.717) is 34.0 Å². The van der Waals surface area contributed by atoms with Gasteiger partial charge in [0.25, 0.3) is 5.56 Å². The van der Waals surface area contributed by atoms with Crippen LogP contribution in [0.25, 0.3) is 33.0 Å². The van der Waals surface area contributed by atoms with E-state index in [2.05, 4.69) is 67.9 Å². The van der Waals surface area contributed by atoms with Gasteiger partial charge in [0.2, 0.25) is 5.95 Å². The lowest BCUT2D eigenvalue weighted by Gasteiger charge is -2.30. The van der Waals surface area contributed by atoms with Crippen LogP contribution in [0.2, 0.25) is 0 Å². The summed E-state index contributed by atoms with van der Waals surface area (Å²) >= 11 is 1.38. The Balaban J connectivity index is 1.18. The molecule has 0 unspecified atom stereocenters. The van der Waals surface area contributed by atoms with Crippen LogP contribution in [0.4, 0.5) is 17.3 Å². The highest BCUT2D eigenvalue weighted by Crippen LogP contribution is 2.26. The van der Waals surface area contributed by atoms with Crippen LogP contribution < -0.4 is 16.2 Å². The fourth-order valence-corrected chi connectivity index (χ4v) is 6.05. The molecular formula is C32H30N8OS. The van der Waals surface area contributed by atoms with Gasteiger partial charge in [-0.1, -0.05) is 24.3 Å². The molecule has 0 spiro atoms. The van der Waals surface area contributed by atoms with Crippen LogP contribution in [-0.4, -0.2) is 55.6 Å². The van der Waals surface area contributed by atoms with Crippen molar-refractivity contribution < 1.29 is 0 Å². The summed E-state index contributed by atoms with van der Waals surface area (Å²) in [7, 11) is 2.17. The minimum absolute atomic E-state index is 0.230. The van der Waals surface area contributed by atoms with E-state index >= 15 is 0 Å². The molecule has 5 aromatic rings. The summed E-state index contributed by atoms with van der Waals surface area (Å²) < 4.78 is 1.55. The van der Waals surface area contributed by atoms with Crippen molar-refractivity contribution in [2.75, 3.05) is 30.8 Å². The molecule has 1 aromatic carbocycles. The minimum Gasteiger partial charge on any atom is -0.382 e. The number of pyridine rings is 2. The maximum absolute atomic E-state index is 13.9. The monoisotopic (exact) mass is 574 g/mol. The number of likely N-dealkylation sites (tertiary alicyclic amines) is 1. The molecule has 1 fully saturated rings. The Kier molecular flexibility index (Phi) is 7.06. The molecule has 1 aliphatic heterocycles. The average Bonchev–Trinajstić information content (AvgIpc) is 3.75. The standard InChI is InChI=1S/C32H30N8OS/c1-39-15-12-26(13-16-39)36-24-7-9-25(10-8-24)37-31-35-20-23-18-27(28-11-6-22(19-34-28)21-4-2-3-5-21)30(41)40(29(23)38-31)32-33-14-17-42-32/h2,4-11,14,17-20,26,36H,3,12-13,15-16H2,1H3,(H,35,37,38). The highest BCUT2D eigenvalue weighted by molar-refractivity contribution is 7.12. The van der Waals surface area contributed by atoms with E-state index in [-0.39, 0.29) is 5.56 Å². The number of hydrogen-bond donors (Lipinski definition) is 2. The zero-order chi connectivity index (χ0) is 28.5. The van der Waals surface area contributed by atoms with Crippen LogP contribution in [0.5, 0.6) is 0 Å². The summed E-state index contributed by atoms with van der Waals surface area (Å²) in [6, 6.07) is 14.3. The first-order valence-electron chi connectivity index (χ1n) is 14.1. The minimum atomic E-state index is -0.230. The van der Waals surface area contributed by atoms with Gasteiger partial charge >= 0.3 is 0 Å². The maximum Gasteiger partial charge on any atom is 0.268 e. The molecular weight excluding hydrogens is 544 g/mol. The van der Waals surface area contributed by atoms with Gasteiger partial charge < -0.3 is 15.5 Å². The van der Waals surface area contributed by atoms with Gasteiger partial charge in [-0.3, -0.25) is 9.78 Å². The zero-order valence-corrected chi connectivity index (χ0v) is 24.0. The molecule has 0 atom stereocenters. The van der Waals surface area contributed by atoms with Gasteiger partial charge in [-0.2, -0.15) is 4.98 Å². The highest BCUT2D eigenvalue weighted by atomic mass is 32.1. The van der Waals surface area contributed by atoms with E-state index in [9.17, 15) is 4.79 Å². The van der Waals surface area contributed by atoms with Crippen LogP contribution in [0.15, 0.2) is 89.5 Å². The van der Waals surface area contributed by atoms with Crippen LogP contribution in [0, 0.1) is 0 Å². The molecule has 210 valence electrons. The Hall–Kier alpha value is -4.67. The molecule has 7 rings (SSSR count). The number of nitrogens with zero attached hydrogens (tertiary/aromatic N) is 6. The highest BCUT2D eigenvalue weighted by Gasteiger charge is 2.18. The SMILES string of the molecule is CN1CCC(Nc2ccc(Nc3ncc4cc(-c5ccc(C6=CCC=C6)cn5)c(=O)n(-c5nccs5)c4n3)cc2)CC1. The smallest absolute Gasteiger partial charge is 0.268 e. The Morgan fingerprint density at radius 3 is 2.52 bits per heavy atom. The molecule has 1 aliphatic carbocycles. The van der Waals surface area contributed by atoms with E-state index in [4.69, 9.17) is 4.98 Å². The van der Waals surface area contributed by atoms with Crippen molar-refractivity contribution in [2.24, 2.45) is 0 Å². The molecule has 0 saturated carbocycles. The molecule has 9 nitrogen and oxygen atoms in total.